The van der Waals surface area contributed by atoms with Crippen molar-refractivity contribution in [2.24, 2.45) is 5.73 Å². The first-order valence-corrected chi connectivity index (χ1v) is 5.28. The summed E-state index contributed by atoms with van der Waals surface area (Å²) < 4.78 is 51.0. The number of hydrogen-bond acceptors (Lipinski definition) is 1. The summed E-state index contributed by atoms with van der Waals surface area (Å²) in [5, 5.41) is 0. The fraction of sp³-hybridized carbons (Fsp3) is 0.500. The zero-order valence-electron chi connectivity index (χ0n) is 9.31. The molecule has 0 saturated heterocycles. The van der Waals surface area contributed by atoms with E-state index in [0.29, 0.717) is 5.56 Å². The van der Waals surface area contributed by atoms with Gasteiger partial charge >= 0.3 is 6.18 Å². The maximum absolute atomic E-state index is 13.4. The molecule has 1 saturated carbocycles. The summed E-state index contributed by atoms with van der Waals surface area (Å²) in [6, 6.07) is 4.82. The molecule has 0 atom stereocenters. The summed E-state index contributed by atoms with van der Waals surface area (Å²) in [5.41, 5.74) is 3.17. The molecule has 1 aliphatic rings. The van der Waals surface area contributed by atoms with Crippen LogP contribution in [0, 0.1) is 0 Å². The van der Waals surface area contributed by atoms with E-state index in [0.717, 1.165) is 12.1 Å². The standard InChI is InChI=1S/C12H13F4N/c1-10(13)6-11(17,7-10)8-3-2-4-9(5-8)12(14,15)16/h2-5H,6-7,17H2,1H3. The Labute approximate surface area is 96.6 Å². The molecule has 5 heteroatoms. The number of nitrogens with two attached hydrogens (primary N) is 1. The minimum Gasteiger partial charge on any atom is -0.321 e. The largest absolute Gasteiger partial charge is 0.416 e. The molecule has 1 aromatic rings. The van der Waals surface area contributed by atoms with E-state index in [4.69, 9.17) is 5.73 Å². The lowest BCUT2D eigenvalue weighted by molar-refractivity contribution is -0.137. The first kappa shape index (κ1) is 12.4. The maximum Gasteiger partial charge on any atom is 0.416 e. The molecule has 0 aromatic heterocycles. The van der Waals surface area contributed by atoms with Gasteiger partial charge in [0.15, 0.2) is 0 Å². The molecule has 0 bridgehead atoms. The van der Waals surface area contributed by atoms with Gasteiger partial charge in [0.25, 0.3) is 0 Å². The smallest absolute Gasteiger partial charge is 0.321 e. The second-order valence-electron chi connectivity index (χ2n) is 5.00. The van der Waals surface area contributed by atoms with Gasteiger partial charge in [-0.25, -0.2) is 4.39 Å². The molecular formula is C12H13F4N. The van der Waals surface area contributed by atoms with Crippen LogP contribution in [0.25, 0.3) is 0 Å². The van der Waals surface area contributed by atoms with E-state index in [1.807, 2.05) is 0 Å². The molecule has 1 aliphatic carbocycles. The molecule has 0 aliphatic heterocycles. The van der Waals surface area contributed by atoms with Crippen molar-refractivity contribution in [3.63, 3.8) is 0 Å². The van der Waals surface area contributed by atoms with Crippen LogP contribution < -0.4 is 5.73 Å². The summed E-state index contributed by atoms with van der Waals surface area (Å²) in [7, 11) is 0. The van der Waals surface area contributed by atoms with Crippen LogP contribution in [0.4, 0.5) is 17.6 Å². The summed E-state index contributed by atoms with van der Waals surface area (Å²) in [6.45, 7) is 1.41. The molecule has 2 N–H and O–H groups in total. The summed E-state index contributed by atoms with van der Waals surface area (Å²) in [5.74, 6) is 0. The van der Waals surface area contributed by atoms with Crippen molar-refractivity contribution < 1.29 is 17.6 Å². The van der Waals surface area contributed by atoms with Crippen molar-refractivity contribution in [3.8, 4) is 0 Å². The predicted octanol–water partition coefficient (Wildman–Crippen LogP) is 3.38. The average molecular weight is 247 g/mol. The van der Waals surface area contributed by atoms with Gasteiger partial charge in [0.2, 0.25) is 0 Å². The summed E-state index contributed by atoms with van der Waals surface area (Å²) in [6.07, 6.45) is -4.28. The van der Waals surface area contributed by atoms with Gasteiger partial charge in [0.05, 0.1) is 5.56 Å². The average Bonchev–Trinajstić information content (AvgIpc) is 2.13. The van der Waals surface area contributed by atoms with E-state index in [1.165, 1.54) is 19.1 Å². The van der Waals surface area contributed by atoms with Crippen LogP contribution in [0.2, 0.25) is 0 Å². The van der Waals surface area contributed by atoms with E-state index in [2.05, 4.69) is 0 Å². The van der Waals surface area contributed by atoms with Crippen LogP contribution in [0.1, 0.15) is 30.9 Å². The number of halogens is 4. The third-order valence-electron chi connectivity index (χ3n) is 3.13. The van der Waals surface area contributed by atoms with E-state index < -0.39 is 22.9 Å². The van der Waals surface area contributed by atoms with Gasteiger partial charge in [-0.3, -0.25) is 0 Å². The Morgan fingerprint density at radius 2 is 1.82 bits per heavy atom. The lowest BCUT2D eigenvalue weighted by atomic mass is 9.64. The highest BCUT2D eigenvalue weighted by Crippen LogP contribution is 2.49. The topological polar surface area (TPSA) is 26.0 Å². The fourth-order valence-corrected chi connectivity index (χ4v) is 2.47. The molecule has 0 radical (unpaired) electrons. The van der Waals surface area contributed by atoms with Crippen molar-refractivity contribution >= 4 is 0 Å². The first-order valence-electron chi connectivity index (χ1n) is 5.28. The van der Waals surface area contributed by atoms with Gasteiger partial charge in [-0.15, -0.1) is 0 Å². The number of hydrogen-bond donors (Lipinski definition) is 1. The second-order valence-corrected chi connectivity index (χ2v) is 5.00. The number of rotatable bonds is 1. The first-order chi connectivity index (χ1) is 7.62. The van der Waals surface area contributed by atoms with E-state index >= 15 is 0 Å². The van der Waals surface area contributed by atoms with Gasteiger partial charge in [0, 0.05) is 18.4 Å². The van der Waals surface area contributed by atoms with Gasteiger partial charge in [-0.05, 0) is 24.6 Å². The molecule has 1 nitrogen and oxygen atoms in total. The van der Waals surface area contributed by atoms with Crippen LogP contribution in [0.15, 0.2) is 24.3 Å². The third-order valence-corrected chi connectivity index (χ3v) is 3.13. The molecule has 2 rings (SSSR count). The van der Waals surface area contributed by atoms with Crippen LogP contribution in [-0.4, -0.2) is 5.67 Å². The molecule has 0 heterocycles. The van der Waals surface area contributed by atoms with Crippen LogP contribution in [0.5, 0.6) is 0 Å². The Morgan fingerprint density at radius 3 is 2.29 bits per heavy atom. The van der Waals surface area contributed by atoms with E-state index in [9.17, 15) is 17.6 Å². The normalized spacial score (nSPS) is 33.3. The van der Waals surface area contributed by atoms with Crippen molar-refractivity contribution in [3.05, 3.63) is 35.4 Å². The summed E-state index contributed by atoms with van der Waals surface area (Å²) in [4.78, 5) is 0. The fourth-order valence-electron chi connectivity index (χ4n) is 2.47. The Kier molecular flexibility index (Phi) is 2.51. The quantitative estimate of drug-likeness (QED) is 0.756. The molecule has 0 spiro atoms. The molecule has 94 valence electrons. The van der Waals surface area contributed by atoms with Gasteiger partial charge in [-0.1, -0.05) is 12.1 Å². The van der Waals surface area contributed by atoms with Crippen molar-refractivity contribution in [2.45, 2.75) is 37.1 Å². The summed E-state index contributed by atoms with van der Waals surface area (Å²) >= 11 is 0. The number of benzene rings is 1. The molecular weight excluding hydrogens is 234 g/mol. The van der Waals surface area contributed by atoms with Crippen LogP contribution >= 0.6 is 0 Å². The molecule has 0 amide bonds. The Bertz CT molecular complexity index is 428. The maximum atomic E-state index is 13.4. The van der Waals surface area contributed by atoms with E-state index in [1.54, 1.807) is 0 Å². The SMILES string of the molecule is CC1(F)CC(N)(c2cccc(C(F)(F)F)c2)C1. The molecule has 1 aromatic carbocycles. The highest BCUT2D eigenvalue weighted by Gasteiger charge is 2.51. The zero-order valence-corrected chi connectivity index (χ0v) is 9.31. The predicted molar refractivity (Wildman–Crippen MR) is 56.1 cm³/mol. The number of alkyl halides is 4. The highest BCUT2D eigenvalue weighted by atomic mass is 19.4. The van der Waals surface area contributed by atoms with E-state index in [-0.39, 0.29) is 12.8 Å². The van der Waals surface area contributed by atoms with Crippen LogP contribution in [-0.2, 0) is 11.7 Å². The molecule has 17 heavy (non-hydrogen) atoms. The molecule has 1 fully saturated rings. The minimum atomic E-state index is -4.39. The second kappa shape index (κ2) is 3.45. The Balaban J connectivity index is 2.30. The van der Waals surface area contributed by atoms with Gasteiger partial charge in [-0.2, -0.15) is 13.2 Å². The van der Waals surface area contributed by atoms with Gasteiger partial charge in [0.1, 0.15) is 5.67 Å². The Morgan fingerprint density at radius 1 is 1.24 bits per heavy atom. The third kappa shape index (κ3) is 2.29. The highest BCUT2D eigenvalue weighted by molar-refractivity contribution is 5.34. The van der Waals surface area contributed by atoms with Crippen molar-refractivity contribution in [2.75, 3.05) is 0 Å². The Hall–Kier alpha value is -1.10. The van der Waals surface area contributed by atoms with Crippen molar-refractivity contribution in [1.82, 2.24) is 0 Å². The van der Waals surface area contributed by atoms with Crippen LogP contribution in [0.3, 0.4) is 0 Å². The zero-order chi connectivity index (χ0) is 12.9. The lowest BCUT2D eigenvalue weighted by Gasteiger charge is -2.48. The van der Waals surface area contributed by atoms with Crippen molar-refractivity contribution in [1.29, 1.82) is 0 Å². The minimum absolute atomic E-state index is 0.0569. The van der Waals surface area contributed by atoms with Gasteiger partial charge < -0.3 is 5.73 Å². The monoisotopic (exact) mass is 247 g/mol. The lowest BCUT2D eigenvalue weighted by Crippen LogP contribution is -2.56. The molecule has 0 unspecified atom stereocenters.